The summed E-state index contributed by atoms with van der Waals surface area (Å²) in [4.78, 5) is 0.197. The van der Waals surface area contributed by atoms with E-state index in [1.807, 2.05) is 24.3 Å². The van der Waals surface area contributed by atoms with Crippen molar-refractivity contribution >= 4 is 21.6 Å². The molecule has 1 atom stereocenters. The van der Waals surface area contributed by atoms with Crippen LogP contribution in [0.15, 0.2) is 53.4 Å². The van der Waals surface area contributed by atoms with Gasteiger partial charge in [-0.25, -0.2) is 13.1 Å². The lowest BCUT2D eigenvalue weighted by Crippen LogP contribution is -2.25. The topological polar surface area (TPSA) is 86.6 Å². The molecular formula is C19H24ClNO4S. The Bertz CT molecular complexity index is 776. The van der Waals surface area contributed by atoms with E-state index in [4.69, 9.17) is 16.7 Å². The van der Waals surface area contributed by atoms with E-state index < -0.39 is 16.1 Å². The maximum Gasteiger partial charge on any atom is 0.240 e. The van der Waals surface area contributed by atoms with Crippen LogP contribution in [-0.2, 0) is 16.4 Å². The first-order valence-electron chi connectivity index (χ1n) is 8.55. The molecular weight excluding hydrogens is 374 g/mol. The number of aliphatic hydroxyl groups is 2. The Labute approximate surface area is 159 Å². The normalized spacial score (nSPS) is 12.9. The molecule has 0 bridgehead atoms. The van der Waals surface area contributed by atoms with Crippen molar-refractivity contribution in [2.75, 3.05) is 13.2 Å². The van der Waals surface area contributed by atoms with Crippen molar-refractivity contribution in [2.24, 2.45) is 0 Å². The van der Waals surface area contributed by atoms with E-state index in [0.29, 0.717) is 30.8 Å². The maximum absolute atomic E-state index is 12.2. The standard InChI is InChI=1S/C19H24ClNO4S/c20-17-9-11-18(12-10-17)26(24,25)21-13-1-3-15-5-7-16(8-6-15)19(23)4-2-14-22/h5-12,19,21-23H,1-4,13-14H2. The van der Waals surface area contributed by atoms with E-state index in [1.54, 1.807) is 12.1 Å². The highest BCUT2D eigenvalue weighted by Crippen LogP contribution is 2.19. The van der Waals surface area contributed by atoms with E-state index in [1.165, 1.54) is 12.1 Å². The zero-order chi connectivity index (χ0) is 19.0. The van der Waals surface area contributed by atoms with Crippen molar-refractivity contribution in [3.63, 3.8) is 0 Å². The Morgan fingerprint density at radius 2 is 1.65 bits per heavy atom. The van der Waals surface area contributed by atoms with Crippen molar-refractivity contribution < 1.29 is 18.6 Å². The van der Waals surface area contributed by atoms with Crippen LogP contribution >= 0.6 is 11.6 Å². The SMILES string of the molecule is O=S(=O)(NCCCc1ccc(C(O)CCCO)cc1)c1ccc(Cl)cc1. The number of sulfonamides is 1. The summed E-state index contributed by atoms with van der Waals surface area (Å²) in [5.74, 6) is 0. The predicted molar refractivity (Wildman–Crippen MR) is 103 cm³/mol. The molecule has 0 saturated carbocycles. The van der Waals surface area contributed by atoms with Crippen LogP contribution in [-0.4, -0.2) is 31.8 Å². The van der Waals surface area contributed by atoms with Crippen molar-refractivity contribution in [1.29, 1.82) is 0 Å². The summed E-state index contributed by atoms with van der Waals surface area (Å²) < 4.78 is 26.9. The zero-order valence-corrected chi connectivity index (χ0v) is 16.0. The van der Waals surface area contributed by atoms with Crippen LogP contribution < -0.4 is 4.72 Å². The van der Waals surface area contributed by atoms with Gasteiger partial charge in [-0.05, 0) is 61.1 Å². The fraction of sp³-hybridized carbons (Fsp3) is 0.368. The molecule has 2 rings (SSSR count). The van der Waals surface area contributed by atoms with Crippen molar-refractivity contribution in [2.45, 2.75) is 36.7 Å². The number of hydrogen-bond acceptors (Lipinski definition) is 4. The lowest BCUT2D eigenvalue weighted by molar-refractivity contribution is 0.152. The molecule has 0 aliphatic rings. The minimum absolute atomic E-state index is 0.0705. The lowest BCUT2D eigenvalue weighted by Gasteiger charge is -2.11. The van der Waals surface area contributed by atoms with E-state index in [2.05, 4.69) is 4.72 Å². The summed E-state index contributed by atoms with van der Waals surface area (Å²) in [6.45, 7) is 0.410. The molecule has 0 heterocycles. The van der Waals surface area contributed by atoms with Gasteiger partial charge in [0.05, 0.1) is 11.0 Å². The first kappa shape index (κ1) is 20.9. The fourth-order valence-corrected chi connectivity index (χ4v) is 3.75. The van der Waals surface area contributed by atoms with Crippen LogP contribution in [0.2, 0.25) is 5.02 Å². The molecule has 0 fully saturated rings. The van der Waals surface area contributed by atoms with Gasteiger partial charge >= 0.3 is 0 Å². The second-order valence-electron chi connectivity index (χ2n) is 6.08. The summed E-state index contributed by atoms with van der Waals surface area (Å²) in [6.07, 6.45) is 1.93. The van der Waals surface area contributed by atoms with E-state index >= 15 is 0 Å². The summed E-state index contributed by atoms with van der Waals surface area (Å²) in [5.41, 5.74) is 1.90. The quantitative estimate of drug-likeness (QED) is 0.538. The van der Waals surface area contributed by atoms with Crippen LogP contribution in [0.25, 0.3) is 0 Å². The van der Waals surface area contributed by atoms with Gasteiger partial charge in [-0.1, -0.05) is 35.9 Å². The van der Waals surface area contributed by atoms with Gasteiger partial charge in [0.15, 0.2) is 0 Å². The Kier molecular flexibility index (Phi) is 8.06. The molecule has 0 saturated heterocycles. The molecule has 0 aromatic heterocycles. The molecule has 3 N–H and O–H groups in total. The highest BCUT2D eigenvalue weighted by Gasteiger charge is 2.12. The number of halogens is 1. The second-order valence-corrected chi connectivity index (χ2v) is 8.28. The number of aryl methyl sites for hydroxylation is 1. The third-order valence-corrected chi connectivity index (χ3v) is 5.79. The van der Waals surface area contributed by atoms with Crippen LogP contribution in [0.5, 0.6) is 0 Å². The molecule has 26 heavy (non-hydrogen) atoms. The maximum atomic E-state index is 12.2. The minimum Gasteiger partial charge on any atom is -0.396 e. The molecule has 2 aromatic rings. The van der Waals surface area contributed by atoms with Gasteiger partial charge in [-0.15, -0.1) is 0 Å². The third kappa shape index (κ3) is 6.37. The lowest BCUT2D eigenvalue weighted by atomic mass is 10.0. The van der Waals surface area contributed by atoms with Gasteiger partial charge in [0.1, 0.15) is 0 Å². The molecule has 0 aliphatic carbocycles. The molecule has 0 spiro atoms. The first-order chi connectivity index (χ1) is 12.4. The van der Waals surface area contributed by atoms with Crippen LogP contribution in [0.3, 0.4) is 0 Å². The monoisotopic (exact) mass is 397 g/mol. The fourth-order valence-electron chi connectivity index (χ4n) is 2.55. The number of rotatable bonds is 10. The summed E-state index contributed by atoms with van der Waals surface area (Å²) in [6, 6.07) is 13.7. The van der Waals surface area contributed by atoms with Gasteiger partial charge in [-0.3, -0.25) is 0 Å². The summed E-state index contributed by atoms with van der Waals surface area (Å²) in [5, 5.41) is 19.3. The van der Waals surface area contributed by atoms with Crippen molar-refractivity contribution in [1.82, 2.24) is 4.72 Å². The number of nitrogens with one attached hydrogen (secondary N) is 1. The highest BCUT2D eigenvalue weighted by atomic mass is 35.5. The molecule has 1 unspecified atom stereocenters. The average Bonchev–Trinajstić information content (AvgIpc) is 2.64. The number of aliphatic hydroxyl groups excluding tert-OH is 2. The van der Waals surface area contributed by atoms with Crippen LogP contribution in [0, 0.1) is 0 Å². The van der Waals surface area contributed by atoms with E-state index in [0.717, 1.165) is 17.5 Å². The van der Waals surface area contributed by atoms with Crippen molar-refractivity contribution in [3.8, 4) is 0 Å². The largest absolute Gasteiger partial charge is 0.396 e. The van der Waals surface area contributed by atoms with Crippen LogP contribution in [0.1, 0.15) is 36.5 Å². The van der Waals surface area contributed by atoms with Gasteiger partial charge < -0.3 is 10.2 Å². The number of benzene rings is 2. The number of hydrogen-bond donors (Lipinski definition) is 3. The Balaban J connectivity index is 1.79. The van der Waals surface area contributed by atoms with Gasteiger partial charge in [0.25, 0.3) is 0 Å². The molecule has 2 aromatic carbocycles. The molecule has 7 heteroatoms. The smallest absolute Gasteiger partial charge is 0.240 e. The van der Waals surface area contributed by atoms with Gasteiger partial charge in [-0.2, -0.15) is 0 Å². The Hall–Kier alpha value is -1.44. The van der Waals surface area contributed by atoms with Gasteiger partial charge in [0.2, 0.25) is 10.0 Å². The average molecular weight is 398 g/mol. The molecule has 0 aliphatic heterocycles. The first-order valence-corrected chi connectivity index (χ1v) is 10.4. The molecule has 142 valence electrons. The molecule has 5 nitrogen and oxygen atoms in total. The minimum atomic E-state index is -3.52. The molecule has 0 amide bonds. The van der Waals surface area contributed by atoms with Crippen molar-refractivity contribution in [3.05, 3.63) is 64.7 Å². The Morgan fingerprint density at radius 3 is 2.27 bits per heavy atom. The molecule has 0 radical (unpaired) electrons. The Morgan fingerprint density at radius 1 is 1.00 bits per heavy atom. The van der Waals surface area contributed by atoms with E-state index in [-0.39, 0.29) is 11.5 Å². The van der Waals surface area contributed by atoms with Crippen LogP contribution in [0.4, 0.5) is 0 Å². The highest BCUT2D eigenvalue weighted by molar-refractivity contribution is 7.89. The second kappa shape index (κ2) is 10.0. The zero-order valence-electron chi connectivity index (χ0n) is 14.4. The summed E-state index contributed by atoms with van der Waals surface area (Å²) in [7, 11) is -3.52. The van der Waals surface area contributed by atoms with Gasteiger partial charge in [0, 0.05) is 18.2 Å². The summed E-state index contributed by atoms with van der Waals surface area (Å²) >= 11 is 5.77. The predicted octanol–water partition coefficient (Wildman–Crippen LogP) is 3.06. The van der Waals surface area contributed by atoms with E-state index in [9.17, 15) is 13.5 Å². The third-order valence-electron chi connectivity index (χ3n) is 4.06.